The van der Waals surface area contributed by atoms with E-state index in [1.807, 2.05) is 6.26 Å². The topological polar surface area (TPSA) is 98.3 Å². The Morgan fingerprint density at radius 3 is 2.89 bits per heavy atom. The summed E-state index contributed by atoms with van der Waals surface area (Å²) in [5, 5.41) is 13.4. The Labute approximate surface area is 109 Å². The maximum absolute atomic E-state index is 11.8. The molecule has 0 radical (unpaired) electrons. The van der Waals surface area contributed by atoms with Crippen LogP contribution in [0.25, 0.3) is 0 Å². The Hall–Kier alpha value is -1.76. The van der Waals surface area contributed by atoms with Crippen LogP contribution in [0.15, 0.2) is 18.2 Å². The summed E-state index contributed by atoms with van der Waals surface area (Å²) < 4.78 is 0. The molecule has 0 saturated heterocycles. The third-order valence-corrected chi connectivity index (χ3v) is 2.97. The maximum Gasteiger partial charge on any atom is 0.282 e. The number of hydrogen-bond donors (Lipinski definition) is 2. The number of thioether (sulfide) groups is 1. The summed E-state index contributed by atoms with van der Waals surface area (Å²) in [7, 11) is 0. The van der Waals surface area contributed by atoms with Gasteiger partial charge >= 0.3 is 0 Å². The number of carbonyl (C=O) groups is 1. The van der Waals surface area contributed by atoms with E-state index in [9.17, 15) is 14.9 Å². The minimum Gasteiger partial charge on any atom is -0.399 e. The summed E-state index contributed by atoms with van der Waals surface area (Å²) in [6.45, 7) is 0.492. The number of benzene rings is 1. The second kappa shape index (κ2) is 6.85. The van der Waals surface area contributed by atoms with Crippen LogP contribution in [-0.4, -0.2) is 29.4 Å². The van der Waals surface area contributed by atoms with Crippen molar-refractivity contribution in [1.29, 1.82) is 0 Å². The molecular weight excluding hydrogens is 254 g/mol. The molecule has 0 heterocycles. The van der Waals surface area contributed by atoms with E-state index in [-0.39, 0.29) is 11.3 Å². The van der Waals surface area contributed by atoms with Gasteiger partial charge in [-0.25, -0.2) is 0 Å². The third-order valence-electron chi connectivity index (χ3n) is 2.27. The fourth-order valence-corrected chi connectivity index (χ4v) is 1.84. The highest BCUT2D eigenvalue weighted by Gasteiger charge is 2.19. The molecule has 0 fully saturated rings. The quantitative estimate of drug-likeness (QED) is 0.354. The summed E-state index contributed by atoms with van der Waals surface area (Å²) in [4.78, 5) is 22.0. The number of nitrogens with two attached hydrogens (primary N) is 1. The Kier molecular flexibility index (Phi) is 5.44. The van der Waals surface area contributed by atoms with Gasteiger partial charge in [0.15, 0.2) is 0 Å². The molecule has 0 bridgehead atoms. The molecule has 0 saturated carbocycles. The van der Waals surface area contributed by atoms with Crippen LogP contribution in [0.5, 0.6) is 0 Å². The number of nitrogens with zero attached hydrogens (tertiary/aromatic N) is 1. The van der Waals surface area contributed by atoms with Gasteiger partial charge in [-0.3, -0.25) is 14.9 Å². The van der Waals surface area contributed by atoms with Crippen LogP contribution < -0.4 is 11.1 Å². The molecule has 1 aromatic carbocycles. The highest BCUT2D eigenvalue weighted by Crippen LogP contribution is 2.20. The smallest absolute Gasteiger partial charge is 0.282 e. The standard InChI is InChI=1S/C11H15N3O3S/c1-18-6-2-5-13-11(15)9-7-8(12)3-4-10(9)14(16)17/h3-4,7H,2,5-6,12H2,1H3,(H,13,15). The zero-order valence-corrected chi connectivity index (χ0v) is 10.8. The number of nitrogens with one attached hydrogen (secondary N) is 1. The zero-order valence-electron chi connectivity index (χ0n) is 10.0. The normalized spacial score (nSPS) is 10.1. The van der Waals surface area contributed by atoms with Gasteiger partial charge in [0, 0.05) is 18.3 Å². The van der Waals surface area contributed by atoms with Crippen LogP contribution >= 0.6 is 11.8 Å². The van der Waals surface area contributed by atoms with Gasteiger partial charge in [-0.2, -0.15) is 11.8 Å². The van der Waals surface area contributed by atoms with E-state index in [1.165, 1.54) is 18.2 Å². The predicted octanol–water partition coefficient (Wildman–Crippen LogP) is 1.66. The van der Waals surface area contributed by atoms with Crippen LogP contribution in [-0.2, 0) is 0 Å². The molecule has 1 aromatic rings. The molecule has 0 aliphatic heterocycles. The van der Waals surface area contributed by atoms with E-state index < -0.39 is 10.8 Å². The number of carbonyl (C=O) groups excluding carboxylic acids is 1. The molecule has 18 heavy (non-hydrogen) atoms. The van der Waals surface area contributed by atoms with Gasteiger partial charge in [-0.15, -0.1) is 0 Å². The van der Waals surface area contributed by atoms with Crippen molar-refractivity contribution in [2.45, 2.75) is 6.42 Å². The fraction of sp³-hybridized carbons (Fsp3) is 0.364. The van der Waals surface area contributed by atoms with Gasteiger partial charge < -0.3 is 11.1 Å². The lowest BCUT2D eigenvalue weighted by Gasteiger charge is -2.06. The first-order valence-electron chi connectivity index (χ1n) is 5.37. The molecule has 0 spiro atoms. The minimum atomic E-state index is -0.587. The van der Waals surface area contributed by atoms with E-state index in [4.69, 9.17) is 5.73 Å². The van der Waals surface area contributed by atoms with E-state index in [1.54, 1.807) is 11.8 Å². The van der Waals surface area contributed by atoms with Crippen LogP contribution in [0.1, 0.15) is 16.8 Å². The third kappa shape index (κ3) is 3.92. The van der Waals surface area contributed by atoms with E-state index in [0.717, 1.165) is 12.2 Å². The average Bonchev–Trinajstić information content (AvgIpc) is 2.34. The largest absolute Gasteiger partial charge is 0.399 e. The number of anilines is 1. The molecule has 7 heteroatoms. The van der Waals surface area contributed by atoms with Crippen molar-refractivity contribution in [3.05, 3.63) is 33.9 Å². The number of nitro groups is 1. The number of hydrogen-bond acceptors (Lipinski definition) is 5. The molecule has 0 unspecified atom stereocenters. The molecule has 0 aromatic heterocycles. The molecule has 1 rings (SSSR count). The van der Waals surface area contributed by atoms with Crippen LogP contribution in [0.4, 0.5) is 11.4 Å². The number of nitro benzene ring substituents is 1. The average molecular weight is 269 g/mol. The van der Waals surface area contributed by atoms with Gasteiger partial charge in [-0.05, 0) is 30.6 Å². The van der Waals surface area contributed by atoms with Crippen molar-refractivity contribution < 1.29 is 9.72 Å². The molecule has 0 aliphatic carbocycles. The van der Waals surface area contributed by atoms with Crippen molar-refractivity contribution >= 4 is 29.0 Å². The van der Waals surface area contributed by atoms with Crippen molar-refractivity contribution in [3.63, 3.8) is 0 Å². The molecule has 98 valence electrons. The van der Waals surface area contributed by atoms with Gasteiger partial charge in [0.2, 0.25) is 0 Å². The highest BCUT2D eigenvalue weighted by molar-refractivity contribution is 7.98. The summed E-state index contributed by atoms with van der Waals surface area (Å²) in [5.74, 6) is 0.467. The molecule has 0 atom stereocenters. The van der Waals surface area contributed by atoms with Gasteiger partial charge in [0.05, 0.1) is 4.92 Å². The zero-order chi connectivity index (χ0) is 13.5. The SMILES string of the molecule is CSCCCNC(=O)c1cc(N)ccc1[N+](=O)[O-]. The first kappa shape index (κ1) is 14.3. The van der Waals surface area contributed by atoms with Crippen molar-refractivity contribution in [2.75, 3.05) is 24.3 Å². The maximum atomic E-state index is 11.8. The Morgan fingerprint density at radius 1 is 1.56 bits per heavy atom. The first-order chi connectivity index (χ1) is 8.56. The van der Waals surface area contributed by atoms with Crippen LogP contribution in [0, 0.1) is 10.1 Å². The lowest BCUT2D eigenvalue weighted by atomic mass is 10.1. The monoisotopic (exact) mass is 269 g/mol. The van der Waals surface area contributed by atoms with Gasteiger partial charge in [-0.1, -0.05) is 0 Å². The Balaban J connectivity index is 2.77. The second-order valence-corrected chi connectivity index (χ2v) is 4.62. The number of nitrogen functional groups attached to an aromatic ring is 1. The minimum absolute atomic E-state index is 0.00384. The Morgan fingerprint density at radius 2 is 2.28 bits per heavy atom. The van der Waals surface area contributed by atoms with Crippen LogP contribution in [0.3, 0.4) is 0 Å². The Bertz CT molecular complexity index is 451. The lowest BCUT2D eigenvalue weighted by molar-refractivity contribution is -0.385. The molecular formula is C11H15N3O3S. The number of amides is 1. The molecule has 1 amide bonds. The van der Waals surface area contributed by atoms with Gasteiger partial charge in [0.1, 0.15) is 5.56 Å². The molecule has 3 N–H and O–H groups in total. The van der Waals surface area contributed by atoms with Crippen molar-refractivity contribution in [2.24, 2.45) is 0 Å². The van der Waals surface area contributed by atoms with Crippen LogP contribution in [0.2, 0.25) is 0 Å². The number of rotatable bonds is 6. The second-order valence-electron chi connectivity index (χ2n) is 3.64. The van der Waals surface area contributed by atoms with E-state index >= 15 is 0 Å². The summed E-state index contributed by atoms with van der Waals surface area (Å²) in [6.07, 6.45) is 2.80. The first-order valence-corrected chi connectivity index (χ1v) is 6.76. The van der Waals surface area contributed by atoms with E-state index in [0.29, 0.717) is 12.2 Å². The molecule has 0 aliphatic rings. The highest BCUT2D eigenvalue weighted by atomic mass is 32.2. The lowest BCUT2D eigenvalue weighted by Crippen LogP contribution is -2.25. The van der Waals surface area contributed by atoms with E-state index in [2.05, 4.69) is 5.32 Å². The van der Waals surface area contributed by atoms with Crippen molar-refractivity contribution in [3.8, 4) is 0 Å². The summed E-state index contributed by atoms with van der Waals surface area (Å²) >= 11 is 1.68. The fourth-order valence-electron chi connectivity index (χ4n) is 1.41. The van der Waals surface area contributed by atoms with Gasteiger partial charge in [0.25, 0.3) is 11.6 Å². The molecule has 6 nitrogen and oxygen atoms in total. The summed E-state index contributed by atoms with van der Waals surface area (Å²) in [5.41, 5.74) is 5.64. The summed E-state index contributed by atoms with van der Waals surface area (Å²) in [6, 6.07) is 3.97. The van der Waals surface area contributed by atoms with Crippen molar-refractivity contribution in [1.82, 2.24) is 5.32 Å². The predicted molar refractivity (Wildman–Crippen MR) is 72.8 cm³/mol.